The van der Waals surface area contributed by atoms with Gasteiger partial charge >= 0.3 is 0 Å². The van der Waals surface area contributed by atoms with Crippen LogP contribution in [0.2, 0.25) is 0 Å². The molecule has 0 saturated carbocycles. The van der Waals surface area contributed by atoms with Gasteiger partial charge < -0.3 is 9.84 Å². The molecular weight excluding hydrogens is 310 g/mol. The Labute approximate surface area is 120 Å². The average molecular weight is 328 g/mol. The zero-order valence-corrected chi connectivity index (χ0v) is 13.0. The fraction of sp³-hybridized carbons (Fsp3) is 0.583. The predicted molar refractivity (Wildman–Crippen MR) is 74.8 cm³/mol. The van der Waals surface area contributed by atoms with Gasteiger partial charge in [-0.2, -0.15) is 10.1 Å². The van der Waals surface area contributed by atoms with Gasteiger partial charge in [0.15, 0.2) is 5.82 Å². The van der Waals surface area contributed by atoms with Gasteiger partial charge in [0.05, 0.1) is 15.9 Å². The minimum absolute atomic E-state index is 0.671. The molecule has 6 nitrogen and oxygen atoms in total. The third-order valence-corrected chi connectivity index (χ3v) is 3.86. The van der Waals surface area contributed by atoms with Crippen molar-refractivity contribution in [3.05, 3.63) is 27.6 Å². The highest BCUT2D eigenvalue weighted by molar-refractivity contribution is 9.10. The van der Waals surface area contributed by atoms with Crippen molar-refractivity contribution < 1.29 is 4.52 Å². The van der Waals surface area contributed by atoms with E-state index in [0.717, 1.165) is 36.2 Å². The second-order valence-electron chi connectivity index (χ2n) is 4.32. The van der Waals surface area contributed by atoms with Crippen LogP contribution in [0.5, 0.6) is 0 Å². The topological polar surface area (TPSA) is 68.8 Å². The first-order chi connectivity index (χ1) is 9.11. The molecule has 0 aliphatic heterocycles. The van der Waals surface area contributed by atoms with Crippen molar-refractivity contribution in [1.82, 2.24) is 25.2 Å². The number of aryl methyl sites for hydroxylation is 3. The van der Waals surface area contributed by atoms with E-state index in [-0.39, 0.29) is 0 Å². The average Bonchev–Trinajstić information content (AvgIpc) is 2.92. The lowest BCUT2D eigenvalue weighted by atomic mass is 10.3. The van der Waals surface area contributed by atoms with Crippen LogP contribution in [0.25, 0.3) is 0 Å². The molecule has 0 fully saturated rings. The summed E-state index contributed by atoms with van der Waals surface area (Å²) < 4.78 is 8.14. The Morgan fingerprint density at radius 2 is 2.16 bits per heavy atom. The summed E-state index contributed by atoms with van der Waals surface area (Å²) in [6.07, 6.45) is 0.734. The molecule has 0 unspecified atom stereocenters. The fourth-order valence-electron chi connectivity index (χ4n) is 1.88. The summed E-state index contributed by atoms with van der Waals surface area (Å²) in [6.45, 7) is 8.33. The first-order valence-electron chi connectivity index (χ1n) is 6.33. The second kappa shape index (κ2) is 6.29. The van der Waals surface area contributed by atoms with Crippen LogP contribution in [0.4, 0.5) is 0 Å². The maximum atomic E-state index is 5.06. The van der Waals surface area contributed by atoms with Crippen LogP contribution in [0.15, 0.2) is 9.00 Å². The molecule has 0 saturated heterocycles. The van der Waals surface area contributed by atoms with E-state index in [9.17, 15) is 0 Å². The number of rotatable bonds is 6. The lowest BCUT2D eigenvalue weighted by Gasteiger charge is -2.06. The van der Waals surface area contributed by atoms with Crippen molar-refractivity contribution in [2.75, 3.05) is 6.54 Å². The maximum absolute atomic E-state index is 5.06. The summed E-state index contributed by atoms with van der Waals surface area (Å²) in [5.41, 5.74) is 2.19. The predicted octanol–water partition coefficient (Wildman–Crippen LogP) is 2.00. The number of hydrogen-bond donors (Lipinski definition) is 1. The van der Waals surface area contributed by atoms with Crippen LogP contribution in [-0.4, -0.2) is 26.5 Å². The molecule has 0 aliphatic carbocycles. The van der Waals surface area contributed by atoms with E-state index in [1.165, 1.54) is 5.69 Å². The van der Waals surface area contributed by atoms with Gasteiger partial charge in [0.2, 0.25) is 5.89 Å². The standard InChI is InChI=1S/C12H18BrN5O/c1-4-18-10(12(13)8(2)16-18)7-14-6-5-11-15-9(3)17-19-11/h14H,4-7H2,1-3H3. The molecule has 0 atom stereocenters. The number of aromatic nitrogens is 4. The number of nitrogens with zero attached hydrogens (tertiary/aromatic N) is 4. The molecule has 0 radical (unpaired) electrons. The third kappa shape index (κ3) is 3.42. The molecule has 2 heterocycles. The normalized spacial score (nSPS) is 11.2. The van der Waals surface area contributed by atoms with Crippen LogP contribution >= 0.6 is 15.9 Å². The summed E-state index contributed by atoms with van der Waals surface area (Å²) in [6, 6.07) is 0. The number of hydrogen-bond acceptors (Lipinski definition) is 5. The molecule has 2 rings (SSSR count). The zero-order valence-electron chi connectivity index (χ0n) is 11.4. The van der Waals surface area contributed by atoms with Gasteiger partial charge in [-0.1, -0.05) is 5.16 Å². The van der Waals surface area contributed by atoms with E-state index in [2.05, 4.69) is 43.4 Å². The number of halogens is 1. The zero-order chi connectivity index (χ0) is 13.8. The Morgan fingerprint density at radius 3 is 2.79 bits per heavy atom. The first kappa shape index (κ1) is 14.2. The van der Waals surface area contributed by atoms with Crippen LogP contribution < -0.4 is 5.32 Å². The van der Waals surface area contributed by atoms with E-state index in [1.54, 1.807) is 0 Å². The Bertz CT molecular complexity index is 548. The molecule has 19 heavy (non-hydrogen) atoms. The van der Waals surface area contributed by atoms with Gasteiger partial charge in [-0.25, -0.2) is 0 Å². The van der Waals surface area contributed by atoms with E-state index in [0.29, 0.717) is 11.7 Å². The number of nitrogens with one attached hydrogen (secondary N) is 1. The van der Waals surface area contributed by atoms with Crippen molar-refractivity contribution >= 4 is 15.9 Å². The lowest BCUT2D eigenvalue weighted by Crippen LogP contribution is -2.19. The van der Waals surface area contributed by atoms with Gasteiger partial charge in [0, 0.05) is 26.1 Å². The summed E-state index contributed by atoms with van der Waals surface area (Å²) >= 11 is 3.58. The Morgan fingerprint density at radius 1 is 1.37 bits per heavy atom. The van der Waals surface area contributed by atoms with Crippen LogP contribution in [-0.2, 0) is 19.5 Å². The van der Waals surface area contributed by atoms with Crippen molar-refractivity contribution in [3.8, 4) is 0 Å². The molecule has 0 bridgehead atoms. The van der Waals surface area contributed by atoms with E-state index in [4.69, 9.17) is 4.52 Å². The van der Waals surface area contributed by atoms with Gasteiger partial charge in [-0.05, 0) is 36.7 Å². The van der Waals surface area contributed by atoms with E-state index >= 15 is 0 Å². The van der Waals surface area contributed by atoms with Crippen molar-refractivity contribution in [2.24, 2.45) is 0 Å². The molecule has 2 aromatic rings. The Balaban J connectivity index is 1.85. The first-order valence-corrected chi connectivity index (χ1v) is 7.12. The molecule has 0 spiro atoms. The lowest BCUT2D eigenvalue weighted by molar-refractivity contribution is 0.372. The fourth-order valence-corrected chi connectivity index (χ4v) is 2.31. The molecule has 0 amide bonds. The summed E-state index contributed by atoms with van der Waals surface area (Å²) in [7, 11) is 0. The summed E-state index contributed by atoms with van der Waals surface area (Å²) in [4.78, 5) is 4.17. The van der Waals surface area contributed by atoms with Gasteiger partial charge in [-0.15, -0.1) is 0 Å². The molecule has 0 aliphatic rings. The molecule has 7 heteroatoms. The monoisotopic (exact) mass is 327 g/mol. The van der Waals surface area contributed by atoms with Crippen molar-refractivity contribution in [3.63, 3.8) is 0 Å². The largest absolute Gasteiger partial charge is 0.339 e. The van der Waals surface area contributed by atoms with Crippen LogP contribution in [0.1, 0.15) is 30.0 Å². The van der Waals surface area contributed by atoms with Gasteiger partial charge in [0.1, 0.15) is 0 Å². The summed E-state index contributed by atoms with van der Waals surface area (Å²) in [5, 5.41) is 11.6. The van der Waals surface area contributed by atoms with Crippen LogP contribution in [0.3, 0.4) is 0 Å². The Kier molecular flexibility index (Phi) is 4.71. The molecule has 104 valence electrons. The second-order valence-corrected chi connectivity index (χ2v) is 5.12. The molecular formula is C12H18BrN5O. The molecule has 1 N–H and O–H groups in total. The quantitative estimate of drug-likeness (QED) is 0.822. The molecule has 0 aromatic carbocycles. The van der Waals surface area contributed by atoms with Crippen molar-refractivity contribution in [1.29, 1.82) is 0 Å². The minimum atomic E-state index is 0.671. The Hall–Kier alpha value is -1.21. The highest BCUT2D eigenvalue weighted by atomic mass is 79.9. The third-order valence-electron chi connectivity index (χ3n) is 2.83. The SMILES string of the molecule is CCn1nc(C)c(Br)c1CNCCc1nc(C)no1. The summed E-state index contributed by atoms with van der Waals surface area (Å²) in [5.74, 6) is 1.35. The maximum Gasteiger partial charge on any atom is 0.227 e. The van der Waals surface area contributed by atoms with Gasteiger partial charge in [-0.3, -0.25) is 4.68 Å². The minimum Gasteiger partial charge on any atom is -0.339 e. The van der Waals surface area contributed by atoms with E-state index < -0.39 is 0 Å². The van der Waals surface area contributed by atoms with Crippen molar-refractivity contribution in [2.45, 2.75) is 40.3 Å². The highest BCUT2D eigenvalue weighted by Crippen LogP contribution is 2.20. The molecule has 2 aromatic heterocycles. The van der Waals surface area contributed by atoms with Crippen LogP contribution in [0, 0.1) is 13.8 Å². The highest BCUT2D eigenvalue weighted by Gasteiger charge is 2.11. The van der Waals surface area contributed by atoms with E-state index in [1.807, 2.05) is 18.5 Å². The smallest absolute Gasteiger partial charge is 0.227 e. The van der Waals surface area contributed by atoms with Gasteiger partial charge in [0.25, 0.3) is 0 Å².